The van der Waals surface area contributed by atoms with Crippen LogP contribution in [0.25, 0.3) is 0 Å². The van der Waals surface area contributed by atoms with Crippen molar-refractivity contribution in [1.82, 2.24) is 0 Å². The van der Waals surface area contributed by atoms with E-state index in [1.54, 1.807) is 6.21 Å². The summed E-state index contributed by atoms with van der Waals surface area (Å²) < 4.78 is 12.7. The van der Waals surface area contributed by atoms with Crippen molar-refractivity contribution >= 4 is 38.1 Å². The molecule has 0 amide bonds. The lowest BCUT2D eigenvalue weighted by Gasteiger charge is -2.15. The monoisotopic (exact) mass is 364 g/mol. The Morgan fingerprint density at radius 2 is 1.88 bits per heavy atom. The van der Waals surface area contributed by atoms with Gasteiger partial charge in [0.25, 0.3) is 0 Å². The van der Waals surface area contributed by atoms with Crippen molar-refractivity contribution in [2.45, 2.75) is 13.8 Å². The van der Waals surface area contributed by atoms with Crippen LogP contribution in [-0.4, -0.2) is 19.4 Å². The molecular formula is C11H14Br2N2O2. The predicted octanol–water partition coefficient (Wildman–Crippen LogP) is 3.30. The molecule has 17 heavy (non-hydrogen) atoms. The quantitative estimate of drug-likeness (QED) is 0.494. The molecule has 0 heterocycles. The number of halogens is 2. The third kappa shape index (κ3) is 3.35. The number of hydrogen-bond acceptors (Lipinski definition) is 4. The van der Waals surface area contributed by atoms with Gasteiger partial charge in [0.15, 0.2) is 11.5 Å². The first kappa shape index (κ1) is 14.3. The molecule has 1 rings (SSSR count). The van der Waals surface area contributed by atoms with Crippen LogP contribution in [-0.2, 0) is 0 Å². The highest BCUT2D eigenvalue weighted by atomic mass is 79.9. The Hall–Kier alpha value is -0.750. The Bertz CT molecular complexity index is 422. The molecule has 0 aromatic heterocycles. The molecule has 2 N–H and O–H groups in total. The minimum atomic E-state index is 0.563. The van der Waals surface area contributed by atoms with Gasteiger partial charge in [-0.2, -0.15) is 5.10 Å². The van der Waals surface area contributed by atoms with E-state index in [9.17, 15) is 0 Å². The van der Waals surface area contributed by atoms with Gasteiger partial charge in [0, 0.05) is 10.0 Å². The van der Waals surface area contributed by atoms with E-state index in [1.165, 1.54) is 0 Å². The van der Waals surface area contributed by atoms with Gasteiger partial charge in [-0.05, 0) is 51.8 Å². The summed E-state index contributed by atoms with van der Waals surface area (Å²) in [6, 6.07) is 1.83. The lowest BCUT2D eigenvalue weighted by molar-refractivity contribution is 0.286. The number of hydrazone groups is 1. The minimum absolute atomic E-state index is 0.563. The van der Waals surface area contributed by atoms with Crippen LogP contribution in [0.4, 0.5) is 0 Å². The molecule has 4 nitrogen and oxygen atoms in total. The van der Waals surface area contributed by atoms with Gasteiger partial charge in [0.05, 0.1) is 23.9 Å². The van der Waals surface area contributed by atoms with Gasteiger partial charge in [-0.1, -0.05) is 0 Å². The molecule has 0 atom stereocenters. The summed E-state index contributed by atoms with van der Waals surface area (Å²) in [5.74, 6) is 6.50. The van der Waals surface area contributed by atoms with Crippen molar-refractivity contribution in [2.75, 3.05) is 13.2 Å². The first-order chi connectivity index (χ1) is 8.15. The number of ether oxygens (including phenoxy) is 2. The zero-order valence-corrected chi connectivity index (χ0v) is 12.8. The lowest BCUT2D eigenvalue weighted by atomic mass is 10.2. The summed E-state index contributed by atoms with van der Waals surface area (Å²) in [7, 11) is 0. The first-order valence-corrected chi connectivity index (χ1v) is 6.75. The van der Waals surface area contributed by atoms with Gasteiger partial charge in [-0.25, -0.2) is 0 Å². The summed E-state index contributed by atoms with van der Waals surface area (Å²) in [5, 5.41) is 3.51. The van der Waals surface area contributed by atoms with E-state index in [0.717, 1.165) is 14.5 Å². The van der Waals surface area contributed by atoms with Crippen LogP contribution in [0.5, 0.6) is 11.5 Å². The van der Waals surface area contributed by atoms with Crippen LogP contribution in [0.15, 0.2) is 20.1 Å². The normalized spacial score (nSPS) is 10.8. The Kier molecular flexibility index (Phi) is 5.77. The van der Waals surface area contributed by atoms with Crippen molar-refractivity contribution in [3.05, 3.63) is 20.6 Å². The fourth-order valence-corrected chi connectivity index (χ4v) is 2.26. The zero-order valence-electron chi connectivity index (χ0n) is 9.67. The molecule has 0 saturated carbocycles. The second-order valence-corrected chi connectivity index (χ2v) is 4.65. The van der Waals surface area contributed by atoms with Crippen molar-refractivity contribution in [1.29, 1.82) is 0 Å². The number of nitrogens with two attached hydrogens (primary N) is 1. The zero-order chi connectivity index (χ0) is 12.8. The number of nitrogens with zero attached hydrogens (tertiary/aromatic N) is 1. The van der Waals surface area contributed by atoms with E-state index >= 15 is 0 Å². The average molecular weight is 366 g/mol. The molecule has 0 bridgehead atoms. The molecule has 0 spiro atoms. The van der Waals surface area contributed by atoms with E-state index in [0.29, 0.717) is 24.7 Å². The topological polar surface area (TPSA) is 56.8 Å². The van der Waals surface area contributed by atoms with E-state index in [4.69, 9.17) is 15.3 Å². The maximum absolute atomic E-state index is 5.56. The number of hydrogen-bond donors (Lipinski definition) is 1. The number of benzene rings is 1. The maximum atomic E-state index is 5.56. The molecular weight excluding hydrogens is 352 g/mol. The minimum Gasteiger partial charge on any atom is -0.490 e. The molecule has 1 aromatic rings. The van der Waals surface area contributed by atoms with Crippen LogP contribution >= 0.6 is 31.9 Å². The smallest absolute Gasteiger partial charge is 0.176 e. The molecule has 0 unspecified atom stereocenters. The predicted molar refractivity (Wildman–Crippen MR) is 76.0 cm³/mol. The largest absolute Gasteiger partial charge is 0.490 e. The Balaban J connectivity index is 3.33. The van der Waals surface area contributed by atoms with Crippen LogP contribution in [0.3, 0.4) is 0 Å². The number of rotatable bonds is 5. The molecule has 6 heteroatoms. The first-order valence-electron chi connectivity index (χ1n) is 5.16. The third-order valence-corrected chi connectivity index (χ3v) is 4.10. The van der Waals surface area contributed by atoms with Crippen LogP contribution in [0.1, 0.15) is 19.4 Å². The average Bonchev–Trinajstić information content (AvgIpc) is 2.31. The summed E-state index contributed by atoms with van der Waals surface area (Å²) in [6.07, 6.45) is 1.55. The second-order valence-electron chi connectivity index (χ2n) is 3.07. The van der Waals surface area contributed by atoms with Crippen LogP contribution < -0.4 is 15.3 Å². The molecule has 0 radical (unpaired) electrons. The molecule has 0 aliphatic carbocycles. The van der Waals surface area contributed by atoms with Gasteiger partial charge >= 0.3 is 0 Å². The molecule has 0 saturated heterocycles. The highest BCUT2D eigenvalue weighted by molar-refractivity contribution is 9.13. The van der Waals surface area contributed by atoms with E-state index in [2.05, 4.69) is 37.0 Å². The maximum Gasteiger partial charge on any atom is 0.176 e. The molecule has 94 valence electrons. The summed E-state index contributed by atoms with van der Waals surface area (Å²) in [5.41, 5.74) is 0.825. The van der Waals surface area contributed by atoms with Crippen molar-refractivity contribution in [3.8, 4) is 11.5 Å². The van der Waals surface area contributed by atoms with Gasteiger partial charge in [0.2, 0.25) is 0 Å². The SMILES string of the molecule is CCOc1cc(C=NN)c(Br)c(Br)c1OCC. The van der Waals surface area contributed by atoms with Gasteiger partial charge in [-0.15, -0.1) is 0 Å². The van der Waals surface area contributed by atoms with Crippen molar-refractivity contribution < 1.29 is 9.47 Å². The van der Waals surface area contributed by atoms with Gasteiger partial charge < -0.3 is 15.3 Å². The lowest BCUT2D eigenvalue weighted by Crippen LogP contribution is -2.01. The highest BCUT2D eigenvalue weighted by Crippen LogP contribution is 2.42. The summed E-state index contributed by atoms with van der Waals surface area (Å²) in [6.45, 7) is 4.97. The summed E-state index contributed by atoms with van der Waals surface area (Å²) in [4.78, 5) is 0. The summed E-state index contributed by atoms with van der Waals surface area (Å²) >= 11 is 6.93. The van der Waals surface area contributed by atoms with Crippen LogP contribution in [0.2, 0.25) is 0 Å². The Labute approximate surface area is 117 Å². The van der Waals surface area contributed by atoms with E-state index in [-0.39, 0.29) is 0 Å². The Morgan fingerprint density at radius 3 is 2.41 bits per heavy atom. The van der Waals surface area contributed by atoms with E-state index in [1.807, 2.05) is 19.9 Å². The molecule has 0 aliphatic rings. The molecule has 0 aliphatic heterocycles. The molecule has 0 fully saturated rings. The van der Waals surface area contributed by atoms with Crippen molar-refractivity contribution in [3.63, 3.8) is 0 Å². The standard InChI is InChI=1S/C11H14Br2N2O2/c1-3-16-8-5-7(6-15-14)9(12)10(13)11(8)17-4-2/h5-6H,3-4,14H2,1-2H3. The highest BCUT2D eigenvalue weighted by Gasteiger charge is 2.16. The van der Waals surface area contributed by atoms with Gasteiger partial charge in [0.1, 0.15) is 0 Å². The Morgan fingerprint density at radius 1 is 1.24 bits per heavy atom. The van der Waals surface area contributed by atoms with Crippen molar-refractivity contribution in [2.24, 2.45) is 10.9 Å². The van der Waals surface area contributed by atoms with Crippen LogP contribution in [0, 0.1) is 0 Å². The molecule has 1 aromatic carbocycles. The fourth-order valence-electron chi connectivity index (χ4n) is 1.32. The van der Waals surface area contributed by atoms with Gasteiger partial charge in [-0.3, -0.25) is 0 Å². The fraction of sp³-hybridized carbons (Fsp3) is 0.364. The third-order valence-electron chi connectivity index (χ3n) is 1.96. The second kappa shape index (κ2) is 6.86. The van der Waals surface area contributed by atoms with E-state index < -0.39 is 0 Å².